The van der Waals surface area contributed by atoms with Crippen molar-refractivity contribution in [2.45, 2.75) is 39.5 Å². The molecule has 0 amide bonds. The Labute approximate surface area is 200 Å². The summed E-state index contributed by atoms with van der Waals surface area (Å²) in [5, 5.41) is 0. The van der Waals surface area contributed by atoms with E-state index in [9.17, 15) is 13.2 Å². The molecule has 1 aliphatic rings. The van der Waals surface area contributed by atoms with Crippen LogP contribution in [0.2, 0.25) is 0 Å². The molecule has 0 N–H and O–H groups in total. The van der Waals surface area contributed by atoms with E-state index in [0.29, 0.717) is 34.8 Å². The zero-order chi connectivity index (χ0) is 24.6. The first-order valence-electron chi connectivity index (χ1n) is 11.4. The summed E-state index contributed by atoms with van der Waals surface area (Å²) >= 11 is 0. The van der Waals surface area contributed by atoms with Crippen LogP contribution in [0.4, 0.5) is 5.82 Å². The van der Waals surface area contributed by atoms with Crippen LogP contribution in [0.25, 0.3) is 11.0 Å². The van der Waals surface area contributed by atoms with Gasteiger partial charge in [-0.15, -0.1) is 0 Å². The fourth-order valence-electron chi connectivity index (χ4n) is 4.12. The van der Waals surface area contributed by atoms with Crippen molar-refractivity contribution in [2.75, 3.05) is 37.7 Å². The minimum atomic E-state index is -3.62. The summed E-state index contributed by atoms with van der Waals surface area (Å²) in [6.45, 7) is 11.0. The molecular weight excluding hydrogens is 452 g/mol. The highest BCUT2D eigenvalue weighted by molar-refractivity contribution is 7.89. The van der Waals surface area contributed by atoms with E-state index in [1.807, 2.05) is 56.9 Å². The number of benzene rings is 2. The number of aryl methyl sites for hydroxylation is 4. The number of aromatic nitrogens is 2. The van der Waals surface area contributed by atoms with Gasteiger partial charge in [0.25, 0.3) is 0 Å². The number of esters is 1. The van der Waals surface area contributed by atoms with Crippen molar-refractivity contribution in [2.24, 2.45) is 0 Å². The fourth-order valence-corrected chi connectivity index (χ4v) is 5.86. The zero-order valence-electron chi connectivity index (χ0n) is 20.3. The molecule has 1 aliphatic heterocycles. The predicted molar refractivity (Wildman–Crippen MR) is 132 cm³/mol. The summed E-state index contributed by atoms with van der Waals surface area (Å²) in [6, 6.07) is 9.33. The Hall–Kier alpha value is -3.04. The number of fused-ring (bicyclic) bond motifs is 1. The Morgan fingerprint density at radius 2 is 1.53 bits per heavy atom. The number of rotatable bonds is 5. The van der Waals surface area contributed by atoms with Gasteiger partial charge in [-0.3, -0.25) is 0 Å². The number of carbonyl (C=O) groups is 1. The first kappa shape index (κ1) is 24.1. The van der Waals surface area contributed by atoms with Crippen molar-refractivity contribution in [1.29, 1.82) is 0 Å². The number of ether oxygens (including phenoxy) is 1. The summed E-state index contributed by atoms with van der Waals surface area (Å²) in [5.41, 5.74) is 5.25. The van der Waals surface area contributed by atoms with Gasteiger partial charge in [0.1, 0.15) is 0 Å². The van der Waals surface area contributed by atoms with Crippen molar-refractivity contribution >= 4 is 32.8 Å². The minimum absolute atomic E-state index is 0.156. The van der Waals surface area contributed by atoms with Crippen LogP contribution in [-0.2, 0) is 14.8 Å². The number of hydrogen-bond donors (Lipinski definition) is 0. The summed E-state index contributed by atoms with van der Waals surface area (Å²) < 4.78 is 33.4. The van der Waals surface area contributed by atoms with Crippen molar-refractivity contribution in [3.05, 3.63) is 58.3 Å². The van der Waals surface area contributed by atoms with Gasteiger partial charge in [-0.05, 0) is 75.1 Å². The van der Waals surface area contributed by atoms with Gasteiger partial charge in [0.2, 0.25) is 10.0 Å². The average Bonchev–Trinajstić information content (AvgIpc) is 2.81. The molecule has 34 heavy (non-hydrogen) atoms. The van der Waals surface area contributed by atoms with Gasteiger partial charge in [0.05, 0.1) is 22.5 Å². The molecule has 0 radical (unpaired) electrons. The van der Waals surface area contributed by atoms with Crippen molar-refractivity contribution < 1.29 is 17.9 Å². The van der Waals surface area contributed by atoms with E-state index in [1.54, 1.807) is 13.0 Å². The SMILES string of the molecule is CCOC(=O)c1nc2cc(C)c(C)cc2nc1N1CCN(S(=O)(=O)c2cc(C)ccc2C)CC1. The fraction of sp³-hybridized carbons (Fsp3) is 0.400. The molecule has 180 valence electrons. The van der Waals surface area contributed by atoms with E-state index in [2.05, 4.69) is 4.98 Å². The largest absolute Gasteiger partial charge is 0.461 e. The van der Waals surface area contributed by atoms with E-state index in [0.717, 1.165) is 22.3 Å². The van der Waals surface area contributed by atoms with E-state index >= 15 is 0 Å². The van der Waals surface area contributed by atoms with Crippen LogP contribution < -0.4 is 4.90 Å². The quantitative estimate of drug-likeness (QED) is 0.514. The van der Waals surface area contributed by atoms with Crippen molar-refractivity contribution in [1.82, 2.24) is 14.3 Å². The molecular formula is C25H30N4O4S. The van der Waals surface area contributed by atoms with Crippen LogP contribution in [0.3, 0.4) is 0 Å². The van der Waals surface area contributed by atoms with Gasteiger partial charge in [-0.25, -0.2) is 23.2 Å². The Kier molecular flexibility index (Phi) is 6.60. The second-order valence-electron chi connectivity index (χ2n) is 8.70. The zero-order valence-corrected chi connectivity index (χ0v) is 21.1. The first-order chi connectivity index (χ1) is 16.1. The smallest absolute Gasteiger partial charge is 0.360 e. The Morgan fingerprint density at radius 1 is 0.912 bits per heavy atom. The lowest BCUT2D eigenvalue weighted by Crippen LogP contribution is -2.49. The number of sulfonamides is 1. The molecule has 2 heterocycles. The maximum absolute atomic E-state index is 13.3. The van der Waals surface area contributed by atoms with Gasteiger partial charge in [0.15, 0.2) is 11.5 Å². The van der Waals surface area contributed by atoms with Crippen molar-refractivity contribution in [3.63, 3.8) is 0 Å². The lowest BCUT2D eigenvalue weighted by Gasteiger charge is -2.35. The Balaban J connectivity index is 1.66. The molecule has 1 fully saturated rings. The number of carbonyl (C=O) groups excluding carboxylic acids is 1. The molecule has 1 aromatic heterocycles. The minimum Gasteiger partial charge on any atom is -0.461 e. The summed E-state index contributed by atoms with van der Waals surface area (Å²) in [7, 11) is -3.62. The molecule has 0 bridgehead atoms. The highest BCUT2D eigenvalue weighted by atomic mass is 32.2. The van der Waals surface area contributed by atoms with E-state index in [-0.39, 0.29) is 25.4 Å². The highest BCUT2D eigenvalue weighted by Gasteiger charge is 2.32. The van der Waals surface area contributed by atoms with Crippen LogP contribution >= 0.6 is 0 Å². The van der Waals surface area contributed by atoms with Gasteiger partial charge in [-0.2, -0.15) is 4.31 Å². The molecule has 3 aromatic rings. The van der Waals surface area contributed by atoms with Gasteiger partial charge >= 0.3 is 5.97 Å². The summed E-state index contributed by atoms with van der Waals surface area (Å²) in [5.74, 6) is -0.103. The van der Waals surface area contributed by atoms with Crippen LogP contribution in [-0.4, -0.2) is 61.4 Å². The Bertz CT molecular complexity index is 1360. The molecule has 0 atom stereocenters. The van der Waals surface area contributed by atoms with Crippen LogP contribution in [0, 0.1) is 27.7 Å². The van der Waals surface area contributed by atoms with Gasteiger partial charge < -0.3 is 9.64 Å². The summed E-state index contributed by atoms with van der Waals surface area (Å²) in [6.07, 6.45) is 0. The maximum Gasteiger partial charge on any atom is 0.360 e. The molecule has 9 heteroatoms. The number of hydrogen-bond acceptors (Lipinski definition) is 7. The molecule has 0 unspecified atom stereocenters. The van der Waals surface area contributed by atoms with Crippen LogP contribution in [0.1, 0.15) is 39.7 Å². The molecule has 0 aliphatic carbocycles. The lowest BCUT2D eigenvalue weighted by molar-refractivity contribution is 0.0520. The lowest BCUT2D eigenvalue weighted by atomic mass is 10.1. The molecule has 8 nitrogen and oxygen atoms in total. The van der Waals surface area contributed by atoms with E-state index in [1.165, 1.54) is 4.31 Å². The first-order valence-corrected chi connectivity index (χ1v) is 12.8. The molecule has 4 rings (SSSR count). The number of piperazine rings is 1. The monoisotopic (exact) mass is 482 g/mol. The van der Waals surface area contributed by atoms with Crippen molar-refractivity contribution in [3.8, 4) is 0 Å². The molecule has 2 aromatic carbocycles. The second-order valence-corrected chi connectivity index (χ2v) is 10.6. The number of nitrogens with zero attached hydrogens (tertiary/aromatic N) is 4. The highest BCUT2D eigenvalue weighted by Crippen LogP contribution is 2.27. The normalized spacial score (nSPS) is 15.0. The average molecular weight is 483 g/mol. The third-order valence-corrected chi connectivity index (χ3v) is 8.27. The number of anilines is 1. The second kappa shape index (κ2) is 9.31. The maximum atomic E-state index is 13.3. The van der Waals surface area contributed by atoms with Crippen LogP contribution in [0.5, 0.6) is 0 Å². The molecule has 0 spiro atoms. The van der Waals surface area contributed by atoms with Crippen LogP contribution in [0.15, 0.2) is 35.2 Å². The van der Waals surface area contributed by atoms with E-state index < -0.39 is 16.0 Å². The third kappa shape index (κ3) is 4.50. The predicted octanol–water partition coefficient (Wildman–Crippen LogP) is 3.55. The molecule has 1 saturated heterocycles. The third-order valence-electron chi connectivity index (χ3n) is 6.23. The molecule has 0 saturated carbocycles. The Morgan fingerprint density at radius 3 is 2.15 bits per heavy atom. The van der Waals surface area contributed by atoms with Gasteiger partial charge in [-0.1, -0.05) is 12.1 Å². The summed E-state index contributed by atoms with van der Waals surface area (Å²) in [4.78, 5) is 24.3. The van der Waals surface area contributed by atoms with E-state index in [4.69, 9.17) is 9.72 Å². The van der Waals surface area contributed by atoms with Gasteiger partial charge in [0, 0.05) is 26.2 Å². The standard InChI is InChI=1S/C25H30N4O4S/c1-6-33-25(30)23-24(27-21-15-19(5)18(4)14-20(21)26-23)28-9-11-29(12-10-28)34(31,32)22-13-16(2)7-8-17(22)3/h7-8,13-15H,6,9-12H2,1-5H3. The topological polar surface area (TPSA) is 92.7 Å².